The van der Waals surface area contributed by atoms with Crippen LogP contribution in [0.5, 0.6) is 0 Å². The maximum absolute atomic E-state index is 12.8. The highest BCUT2D eigenvalue weighted by atomic mass is 19.4. The van der Waals surface area contributed by atoms with Gasteiger partial charge in [-0.25, -0.2) is 15.0 Å². The van der Waals surface area contributed by atoms with Gasteiger partial charge in [-0.1, -0.05) is 6.92 Å². The molecule has 2 aromatic rings. The molecule has 0 aliphatic rings. The third-order valence-corrected chi connectivity index (χ3v) is 3.39. The molecule has 0 saturated carbocycles. The molecule has 0 saturated heterocycles. The molecular weight excluding hydrogens is 307 g/mol. The molecule has 0 amide bonds. The molecule has 126 valence electrons. The molecule has 0 fully saturated rings. The van der Waals surface area contributed by atoms with Crippen LogP contribution >= 0.6 is 0 Å². The van der Waals surface area contributed by atoms with Crippen molar-refractivity contribution in [3.05, 3.63) is 41.5 Å². The van der Waals surface area contributed by atoms with Crippen molar-refractivity contribution in [2.75, 3.05) is 0 Å². The van der Waals surface area contributed by atoms with Gasteiger partial charge in [0.1, 0.15) is 17.3 Å². The molecule has 2 heterocycles. The lowest BCUT2D eigenvalue weighted by atomic mass is 10.3. The van der Waals surface area contributed by atoms with Gasteiger partial charge in [0.25, 0.3) is 0 Å². The lowest BCUT2D eigenvalue weighted by Gasteiger charge is -2.16. The summed E-state index contributed by atoms with van der Waals surface area (Å²) in [6.45, 7) is 6.38. The van der Waals surface area contributed by atoms with Crippen LogP contribution in [0.4, 0.5) is 13.2 Å². The first-order valence-corrected chi connectivity index (χ1v) is 7.44. The van der Waals surface area contributed by atoms with Crippen LogP contribution in [0.15, 0.2) is 18.5 Å². The van der Waals surface area contributed by atoms with E-state index in [0.29, 0.717) is 12.2 Å². The maximum atomic E-state index is 12.8. The Balaban J connectivity index is 1.99. The van der Waals surface area contributed by atoms with E-state index in [4.69, 9.17) is 0 Å². The number of imidazole rings is 1. The molecule has 1 N–H and O–H groups in total. The van der Waals surface area contributed by atoms with Gasteiger partial charge >= 0.3 is 6.18 Å². The van der Waals surface area contributed by atoms with Gasteiger partial charge in [0.15, 0.2) is 0 Å². The van der Waals surface area contributed by atoms with Crippen molar-refractivity contribution < 1.29 is 13.2 Å². The van der Waals surface area contributed by atoms with E-state index < -0.39 is 11.9 Å². The molecule has 0 aliphatic heterocycles. The molecule has 0 unspecified atom stereocenters. The summed E-state index contributed by atoms with van der Waals surface area (Å²) in [4.78, 5) is 11.9. The Morgan fingerprint density at radius 2 is 2.04 bits per heavy atom. The zero-order valence-corrected chi connectivity index (χ0v) is 13.4. The summed E-state index contributed by atoms with van der Waals surface area (Å²) in [5, 5.41) is 3.15. The van der Waals surface area contributed by atoms with E-state index >= 15 is 0 Å². The number of nitrogens with zero attached hydrogens (tertiary/aromatic N) is 4. The quantitative estimate of drug-likeness (QED) is 0.886. The summed E-state index contributed by atoms with van der Waals surface area (Å²) >= 11 is 0. The topological polar surface area (TPSA) is 55.6 Å². The number of aromatic nitrogens is 4. The van der Waals surface area contributed by atoms with Gasteiger partial charge < -0.3 is 9.88 Å². The predicted octanol–water partition coefficient (Wildman–Crippen LogP) is 2.74. The van der Waals surface area contributed by atoms with Crippen LogP contribution in [-0.2, 0) is 25.7 Å². The minimum atomic E-state index is -4.46. The van der Waals surface area contributed by atoms with Crippen LogP contribution in [0.1, 0.15) is 36.9 Å². The normalized spacial score (nSPS) is 13.3. The van der Waals surface area contributed by atoms with E-state index in [1.165, 1.54) is 6.92 Å². The molecule has 23 heavy (non-hydrogen) atoms. The zero-order chi connectivity index (χ0) is 17.0. The Morgan fingerprint density at radius 1 is 1.30 bits per heavy atom. The molecule has 5 nitrogen and oxygen atoms in total. The molecule has 1 atom stereocenters. The highest BCUT2D eigenvalue weighted by molar-refractivity contribution is 5.13. The lowest BCUT2D eigenvalue weighted by molar-refractivity contribution is -0.141. The van der Waals surface area contributed by atoms with Crippen LogP contribution < -0.4 is 5.32 Å². The molecule has 0 spiro atoms. The van der Waals surface area contributed by atoms with Crippen molar-refractivity contribution in [3.8, 4) is 0 Å². The highest BCUT2D eigenvalue weighted by Crippen LogP contribution is 2.27. The van der Waals surface area contributed by atoms with Gasteiger partial charge in [-0.2, -0.15) is 13.2 Å². The maximum Gasteiger partial charge on any atom is 0.433 e. The summed E-state index contributed by atoms with van der Waals surface area (Å²) in [7, 11) is 0. The van der Waals surface area contributed by atoms with E-state index in [1.54, 1.807) is 6.20 Å². The number of aryl methyl sites for hydroxylation is 2. The largest absolute Gasteiger partial charge is 0.433 e. The molecule has 2 rings (SSSR count). The first kappa shape index (κ1) is 17.4. The second kappa shape index (κ2) is 7.08. The molecule has 8 heteroatoms. The second-order valence-electron chi connectivity index (χ2n) is 5.44. The van der Waals surface area contributed by atoms with Crippen LogP contribution in [0.3, 0.4) is 0 Å². The number of hydrogen-bond acceptors (Lipinski definition) is 4. The fourth-order valence-electron chi connectivity index (χ4n) is 2.30. The van der Waals surface area contributed by atoms with Crippen molar-refractivity contribution in [1.82, 2.24) is 24.8 Å². The average molecular weight is 327 g/mol. The first-order valence-electron chi connectivity index (χ1n) is 7.44. The Labute approximate surface area is 133 Å². The Hall–Kier alpha value is -1.96. The van der Waals surface area contributed by atoms with Gasteiger partial charge in [-0.15, -0.1) is 0 Å². The minimum Gasteiger partial charge on any atom is -0.333 e. The van der Waals surface area contributed by atoms with Crippen LogP contribution in [0, 0.1) is 6.92 Å². The van der Waals surface area contributed by atoms with Gasteiger partial charge in [0.05, 0.1) is 6.54 Å². The number of nitrogens with one attached hydrogen (secondary N) is 1. The number of hydrogen-bond donors (Lipinski definition) is 1. The minimum absolute atomic E-state index is 0.0490. The van der Waals surface area contributed by atoms with Crippen molar-refractivity contribution in [3.63, 3.8) is 0 Å². The third-order valence-electron chi connectivity index (χ3n) is 3.39. The Morgan fingerprint density at radius 3 is 2.70 bits per heavy atom. The molecule has 2 aromatic heterocycles. The van der Waals surface area contributed by atoms with E-state index in [1.807, 2.05) is 24.6 Å². The summed E-state index contributed by atoms with van der Waals surface area (Å²) in [6, 6.07) is 0.999. The molecule has 0 radical (unpaired) electrons. The summed E-state index contributed by atoms with van der Waals surface area (Å²) in [5.74, 6) is 1.12. The molecular formula is C15H20F3N5. The third kappa shape index (κ3) is 4.75. The number of alkyl halides is 3. The van der Waals surface area contributed by atoms with Gasteiger partial charge in [-0.3, -0.25) is 0 Å². The molecule has 0 aromatic carbocycles. The standard InChI is InChI=1S/C15H20F3N5/c1-4-14-19-5-6-23(14)9-11(3)20-8-13-21-10(2)7-12(22-13)15(16,17)18/h5-7,11,20H,4,8-9H2,1-3H3/t11-/m0/s1. The van der Waals surface area contributed by atoms with E-state index in [2.05, 4.69) is 20.3 Å². The number of halogens is 3. The van der Waals surface area contributed by atoms with Gasteiger partial charge in [0, 0.05) is 37.1 Å². The number of rotatable bonds is 6. The van der Waals surface area contributed by atoms with Crippen molar-refractivity contribution in [2.45, 2.75) is 52.5 Å². The van der Waals surface area contributed by atoms with Crippen LogP contribution in [0.25, 0.3) is 0 Å². The average Bonchev–Trinajstić information content (AvgIpc) is 2.91. The van der Waals surface area contributed by atoms with Crippen LogP contribution in [0.2, 0.25) is 0 Å². The summed E-state index contributed by atoms with van der Waals surface area (Å²) in [6.07, 6.45) is 0.00330. The smallest absolute Gasteiger partial charge is 0.333 e. The van der Waals surface area contributed by atoms with E-state index in [0.717, 1.165) is 18.3 Å². The monoisotopic (exact) mass is 327 g/mol. The zero-order valence-electron chi connectivity index (χ0n) is 13.4. The Bertz CT molecular complexity index is 651. The van der Waals surface area contributed by atoms with Gasteiger partial charge in [-0.05, 0) is 19.9 Å². The lowest BCUT2D eigenvalue weighted by Crippen LogP contribution is -2.31. The van der Waals surface area contributed by atoms with Crippen molar-refractivity contribution in [1.29, 1.82) is 0 Å². The Kier molecular flexibility index (Phi) is 5.35. The first-order chi connectivity index (χ1) is 10.8. The predicted molar refractivity (Wildman–Crippen MR) is 79.7 cm³/mol. The van der Waals surface area contributed by atoms with Crippen LogP contribution in [-0.4, -0.2) is 25.6 Å². The van der Waals surface area contributed by atoms with E-state index in [-0.39, 0.29) is 18.4 Å². The highest BCUT2D eigenvalue weighted by Gasteiger charge is 2.33. The second-order valence-corrected chi connectivity index (χ2v) is 5.44. The van der Waals surface area contributed by atoms with Crippen molar-refractivity contribution in [2.24, 2.45) is 0 Å². The van der Waals surface area contributed by atoms with Crippen molar-refractivity contribution >= 4 is 0 Å². The fourth-order valence-corrected chi connectivity index (χ4v) is 2.30. The summed E-state index contributed by atoms with van der Waals surface area (Å²) < 4.78 is 40.3. The fraction of sp³-hybridized carbons (Fsp3) is 0.533. The SMILES string of the molecule is CCc1nccn1C[C@H](C)NCc1nc(C)cc(C(F)(F)F)n1. The summed E-state index contributed by atoms with van der Waals surface area (Å²) in [5.41, 5.74) is -0.600. The van der Waals surface area contributed by atoms with E-state index in [9.17, 15) is 13.2 Å². The molecule has 0 bridgehead atoms. The van der Waals surface area contributed by atoms with Gasteiger partial charge in [0.2, 0.25) is 0 Å². The molecule has 0 aliphatic carbocycles.